The summed E-state index contributed by atoms with van der Waals surface area (Å²) in [6.07, 6.45) is 10.2. The topological polar surface area (TPSA) is 78.9 Å². The van der Waals surface area contributed by atoms with Gasteiger partial charge in [-0.05, 0) is 99.3 Å². The van der Waals surface area contributed by atoms with Gasteiger partial charge in [0, 0.05) is 6.08 Å². The van der Waals surface area contributed by atoms with Crippen LogP contribution in [0.2, 0.25) is 0 Å². The van der Waals surface area contributed by atoms with Crippen LogP contribution in [0.4, 0.5) is 0 Å². The van der Waals surface area contributed by atoms with E-state index in [-0.39, 0.29) is 23.8 Å². The number of benzene rings is 2. The molecule has 2 fully saturated rings. The van der Waals surface area contributed by atoms with Gasteiger partial charge in [0.25, 0.3) is 0 Å². The Hall–Kier alpha value is -3.41. The first kappa shape index (κ1) is 28.6. The van der Waals surface area contributed by atoms with Gasteiger partial charge >= 0.3 is 17.9 Å². The van der Waals surface area contributed by atoms with Crippen LogP contribution in [0.25, 0.3) is 11.1 Å². The Kier molecular flexibility index (Phi) is 10.8. The Morgan fingerprint density at radius 3 is 1.74 bits per heavy atom. The molecule has 0 N–H and O–H groups in total. The van der Waals surface area contributed by atoms with Crippen LogP contribution in [0.3, 0.4) is 0 Å². The van der Waals surface area contributed by atoms with Crippen molar-refractivity contribution in [2.75, 3.05) is 13.2 Å². The van der Waals surface area contributed by atoms with Gasteiger partial charge in [0.15, 0.2) is 0 Å². The van der Waals surface area contributed by atoms with E-state index in [1.54, 1.807) is 0 Å². The minimum absolute atomic E-state index is 0.0144. The van der Waals surface area contributed by atoms with Gasteiger partial charge in [0.05, 0.1) is 25.0 Å². The van der Waals surface area contributed by atoms with E-state index in [2.05, 4.69) is 18.7 Å². The van der Waals surface area contributed by atoms with Crippen LogP contribution in [0, 0.1) is 23.7 Å². The first-order valence-electron chi connectivity index (χ1n) is 14.4. The zero-order valence-corrected chi connectivity index (χ0v) is 22.7. The van der Waals surface area contributed by atoms with Gasteiger partial charge in [-0.25, -0.2) is 4.79 Å². The van der Waals surface area contributed by atoms with Gasteiger partial charge in [-0.1, -0.05) is 49.0 Å². The maximum Gasteiger partial charge on any atom is 0.330 e. The molecular formula is C33H40O6. The summed E-state index contributed by atoms with van der Waals surface area (Å²) in [5, 5.41) is 0. The Morgan fingerprint density at radius 2 is 1.18 bits per heavy atom. The molecule has 0 spiro atoms. The molecule has 0 unspecified atom stereocenters. The van der Waals surface area contributed by atoms with E-state index in [1.807, 2.05) is 42.5 Å². The van der Waals surface area contributed by atoms with Crippen molar-refractivity contribution in [2.24, 2.45) is 23.7 Å². The highest BCUT2D eigenvalue weighted by molar-refractivity contribution is 5.81. The highest BCUT2D eigenvalue weighted by Crippen LogP contribution is 2.42. The summed E-state index contributed by atoms with van der Waals surface area (Å²) in [6, 6.07) is 17.9. The van der Waals surface area contributed by atoms with Gasteiger partial charge in [0.1, 0.15) is 5.75 Å². The third-order valence-corrected chi connectivity index (χ3v) is 8.25. The molecule has 0 amide bonds. The van der Waals surface area contributed by atoms with Crippen LogP contribution in [0.1, 0.15) is 64.2 Å². The van der Waals surface area contributed by atoms with Crippen LogP contribution in [0.15, 0.2) is 67.3 Å². The van der Waals surface area contributed by atoms with Gasteiger partial charge in [0.2, 0.25) is 0 Å². The number of esters is 3. The highest BCUT2D eigenvalue weighted by Gasteiger charge is 2.35. The van der Waals surface area contributed by atoms with Crippen molar-refractivity contribution in [3.05, 3.63) is 67.3 Å². The average Bonchev–Trinajstić information content (AvgIpc) is 2.99. The summed E-state index contributed by atoms with van der Waals surface area (Å²) in [4.78, 5) is 36.3. The smallest absolute Gasteiger partial charge is 0.330 e. The number of carbonyl (C=O) groups is 3. The number of unbranched alkanes of at least 4 members (excludes halogenated alkanes) is 1. The minimum Gasteiger partial charge on any atom is -0.465 e. The van der Waals surface area contributed by atoms with E-state index in [1.165, 1.54) is 0 Å². The van der Waals surface area contributed by atoms with Crippen LogP contribution in [0.5, 0.6) is 5.75 Å². The van der Waals surface area contributed by atoms with E-state index < -0.39 is 5.97 Å². The maximum absolute atomic E-state index is 12.8. The summed E-state index contributed by atoms with van der Waals surface area (Å²) in [5.74, 6) is 1.14. The van der Waals surface area contributed by atoms with Gasteiger partial charge in [-0.2, -0.15) is 0 Å². The fraction of sp³-hybridized carbons (Fsp3) is 0.485. The third-order valence-electron chi connectivity index (χ3n) is 8.25. The molecule has 6 nitrogen and oxygen atoms in total. The van der Waals surface area contributed by atoms with E-state index >= 15 is 0 Å². The highest BCUT2D eigenvalue weighted by atomic mass is 16.5. The zero-order valence-electron chi connectivity index (χ0n) is 22.7. The number of ether oxygens (including phenoxy) is 3. The summed E-state index contributed by atoms with van der Waals surface area (Å²) in [7, 11) is 0. The molecule has 2 aliphatic carbocycles. The first-order valence-corrected chi connectivity index (χ1v) is 14.4. The van der Waals surface area contributed by atoms with E-state index in [4.69, 9.17) is 14.2 Å². The van der Waals surface area contributed by atoms with Crippen molar-refractivity contribution in [3.63, 3.8) is 0 Å². The predicted octanol–water partition coefficient (Wildman–Crippen LogP) is 6.92. The predicted molar refractivity (Wildman–Crippen MR) is 150 cm³/mol. The molecule has 0 radical (unpaired) electrons. The lowest BCUT2D eigenvalue weighted by Crippen LogP contribution is -2.31. The monoisotopic (exact) mass is 532 g/mol. The maximum atomic E-state index is 12.8. The second-order valence-electron chi connectivity index (χ2n) is 10.8. The van der Waals surface area contributed by atoms with Gasteiger partial charge in [-0.3, -0.25) is 9.59 Å². The Labute approximate surface area is 231 Å². The lowest BCUT2D eigenvalue weighted by atomic mass is 9.69. The van der Waals surface area contributed by atoms with Crippen LogP contribution in [-0.4, -0.2) is 31.1 Å². The molecule has 2 aromatic rings. The average molecular weight is 533 g/mol. The molecule has 6 heteroatoms. The number of hydrogen-bond acceptors (Lipinski definition) is 6. The van der Waals surface area contributed by atoms with Crippen molar-refractivity contribution < 1.29 is 28.6 Å². The standard InChI is InChI=1S/C33H40O6/c1-2-31(34)37-22-6-7-23-38-32(35)28-14-10-25(11-15-28)26-12-16-29(17-13-26)33(36)39-30-20-18-27(19-21-30)24-8-4-3-5-9-24/h2-5,8-9,18-21,25-26,28-29H,1,6-7,10-17,22-23H2. The quantitative estimate of drug-likeness (QED) is 0.135. The van der Waals surface area contributed by atoms with Crippen molar-refractivity contribution in [2.45, 2.75) is 64.2 Å². The van der Waals surface area contributed by atoms with E-state index in [0.29, 0.717) is 43.6 Å². The summed E-state index contributed by atoms with van der Waals surface area (Å²) in [5.41, 5.74) is 2.24. The summed E-state index contributed by atoms with van der Waals surface area (Å²) >= 11 is 0. The first-order chi connectivity index (χ1) is 19.0. The van der Waals surface area contributed by atoms with Gasteiger partial charge in [-0.15, -0.1) is 0 Å². The lowest BCUT2D eigenvalue weighted by molar-refractivity contribution is -0.151. The van der Waals surface area contributed by atoms with Crippen LogP contribution in [-0.2, 0) is 23.9 Å². The molecule has 0 aliphatic heterocycles. The second kappa shape index (κ2) is 14.7. The SMILES string of the molecule is C=CC(=O)OCCCCOC(=O)C1CCC(C2CCC(C(=O)Oc3ccc(-c4ccccc4)cc3)CC2)CC1. The number of carbonyl (C=O) groups excluding carboxylic acids is 3. The summed E-state index contributed by atoms with van der Waals surface area (Å²) in [6.45, 7) is 4.03. The van der Waals surface area contributed by atoms with Crippen LogP contribution < -0.4 is 4.74 Å². The molecule has 4 rings (SSSR count). The fourth-order valence-corrected chi connectivity index (χ4v) is 5.92. The largest absolute Gasteiger partial charge is 0.465 e. The van der Waals surface area contributed by atoms with Crippen molar-refractivity contribution in [1.82, 2.24) is 0 Å². The number of rotatable bonds is 11. The Bertz CT molecular complexity index is 1080. The van der Waals surface area contributed by atoms with Crippen molar-refractivity contribution in [1.29, 1.82) is 0 Å². The molecule has 0 saturated heterocycles. The summed E-state index contributed by atoms with van der Waals surface area (Å²) < 4.78 is 16.1. The molecule has 2 aromatic carbocycles. The third kappa shape index (κ3) is 8.54. The minimum atomic E-state index is -0.429. The molecule has 39 heavy (non-hydrogen) atoms. The molecule has 0 heterocycles. The van der Waals surface area contributed by atoms with E-state index in [0.717, 1.165) is 68.6 Å². The zero-order chi connectivity index (χ0) is 27.5. The molecule has 0 aromatic heterocycles. The second-order valence-corrected chi connectivity index (χ2v) is 10.8. The molecule has 2 aliphatic rings. The molecule has 0 bridgehead atoms. The van der Waals surface area contributed by atoms with Crippen molar-refractivity contribution in [3.8, 4) is 16.9 Å². The Balaban J connectivity index is 1.11. The molecular weight excluding hydrogens is 492 g/mol. The van der Waals surface area contributed by atoms with Crippen molar-refractivity contribution >= 4 is 17.9 Å². The fourth-order valence-electron chi connectivity index (χ4n) is 5.92. The Morgan fingerprint density at radius 1 is 0.667 bits per heavy atom. The molecule has 208 valence electrons. The van der Waals surface area contributed by atoms with Gasteiger partial charge < -0.3 is 14.2 Å². The van der Waals surface area contributed by atoms with E-state index in [9.17, 15) is 14.4 Å². The molecule has 2 saturated carbocycles. The molecule has 0 atom stereocenters. The normalized spacial score (nSPS) is 22.9. The lowest BCUT2D eigenvalue weighted by Gasteiger charge is -2.36. The van der Waals surface area contributed by atoms with Crippen LogP contribution >= 0.6 is 0 Å². The number of hydrogen-bond donors (Lipinski definition) is 0.